The summed E-state index contributed by atoms with van der Waals surface area (Å²) in [7, 11) is 0. The minimum atomic E-state index is 0.686. The summed E-state index contributed by atoms with van der Waals surface area (Å²) in [6.45, 7) is 3.47. The van der Waals surface area contributed by atoms with Crippen molar-refractivity contribution < 1.29 is 0 Å². The van der Waals surface area contributed by atoms with Gasteiger partial charge in [-0.25, -0.2) is 9.97 Å². The van der Waals surface area contributed by atoms with Crippen molar-refractivity contribution in [3.63, 3.8) is 0 Å². The second-order valence-corrected chi connectivity index (χ2v) is 6.87. The molecule has 2 aromatic carbocycles. The van der Waals surface area contributed by atoms with Crippen molar-refractivity contribution in [3.8, 4) is 11.3 Å². The van der Waals surface area contributed by atoms with Gasteiger partial charge >= 0.3 is 0 Å². The maximum Gasteiger partial charge on any atom is 0.246 e. The number of fused-ring (bicyclic) bond motifs is 1. The second-order valence-electron chi connectivity index (χ2n) is 6.87. The number of rotatable bonds is 3. The van der Waals surface area contributed by atoms with Crippen LogP contribution >= 0.6 is 0 Å². The summed E-state index contributed by atoms with van der Waals surface area (Å²) >= 11 is 0. The van der Waals surface area contributed by atoms with Crippen LogP contribution in [0.15, 0.2) is 73.1 Å². The molecule has 0 radical (unpaired) electrons. The van der Waals surface area contributed by atoms with Gasteiger partial charge in [-0.2, -0.15) is 5.10 Å². The SMILES string of the molecule is c1ccc(N2CCN(c3nncc(-c4ccc5ccccc5c4)n3)CC2)nc1. The number of piperazine rings is 1. The van der Waals surface area contributed by atoms with Gasteiger partial charge in [0.1, 0.15) is 5.82 Å². The lowest BCUT2D eigenvalue weighted by atomic mass is 10.1. The van der Waals surface area contributed by atoms with Gasteiger partial charge in [0.05, 0.1) is 11.9 Å². The van der Waals surface area contributed by atoms with Crippen LogP contribution < -0.4 is 9.80 Å². The van der Waals surface area contributed by atoms with E-state index in [2.05, 4.69) is 67.4 Å². The molecule has 0 atom stereocenters. The number of anilines is 2. The largest absolute Gasteiger partial charge is 0.353 e. The molecule has 28 heavy (non-hydrogen) atoms. The van der Waals surface area contributed by atoms with Crippen LogP contribution in [-0.4, -0.2) is 46.3 Å². The Hall–Kier alpha value is -3.54. The molecular formula is C22H20N6. The van der Waals surface area contributed by atoms with Crippen LogP contribution in [0.4, 0.5) is 11.8 Å². The quantitative estimate of drug-likeness (QED) is 0.552. The van der Waals surface area contributed by atoms with E-state index in [0.717, 1.165) is 43.3 Å². The Morgan fingerprint density at radius 1 is 0.750 bits per heavy atom. The molecule has 1 saturated heterocycles. The highest BCUT2D eigenvalue weighted by Crippen LogP contribution is 2.24. The molecule has 2 aromatic heterocycles. The van der Waals surface area contributed by atoms with E-state index < -0.39 is 0 Å². The first kappa shape index (κ1) is 16.6. The van der Waals surface area contributed by atoms with E-state index in [1.807, 2.05) is 24.4 Å². The van der Waals surface area contributed by atoms with Crippen LogP contribution in [0.3, 0.4) is 0 Å². The van der Waals surface area contributed by atoms with E-state index >= 15 is 0 Å². The van der Waals surface area contributed by atoms with Gasteiger partial charge in [0.2, 0.25) is 5.95 Å². The van der Waals surface area contributed by atoms with E-state index in [1.54, 1.807) is 6.20 Å². The van der Waals surface area contributed by atoms with Crippen LogP contribution in [0.1, 0.15) is 0 Å². The topological polar surface area (TPSA) is 58.0 Å². The third-order valence-electron chi connectivity index (χ3n) is 5.13. The fourth-order valence-electron chi connectivity index (χ4n) is 3.59. The zero-order valence-electron chi connectivity index (χ0n) is 15.4. The first-order valence-corrected chi connectivity index (χ1v) is 9.47. The fraction of sp³-hybridized carbons (Fsp3) is 0.182. The second kappa shape index (κ2) is 7.23. The number of benzene rings is 2. The monoisotopic (exact) mass is 368 g/mol. The highest BCUT2D eigenvalue weighted by atomic mass is 15.4. The van der Waals surface area contributed by atoms with E-state index in [4.69, 9.17) is 4.98 Å². The predicted molar refractivity (Wildman–Crippen MR) is 111 cm³/mol. The molecule has 6 nitrogen and oxygen atoms in total. The Kier molecular flexibility index (Phi) is 4.29. The average Bonchev–Trinajstić information content (AvgIpc) is 2.79. The smallest absolute Gasteiger partial charge is 0.246 e. The molecule has 138 valence electrons. The minimum Gasteiger partial charge on any atom is -0.353 e. The fourth-order valence-corrected chi connectivity index (χ4v) is 3.59. The van der Waals surface area contributed by atoms with Gasteiger partial charge in [0.15, 0.2) is 0 Å². The summed E-state index contributed by atoms with van der Waals surface area (Å²) in [5.74, 6) is 1.71. The van der Waals surface area contributed by atoms with Crippen molar-refractivity contribution in [2.75, 3.05) is 36.0 Å². The lowest BCUT2D eigenvalue weighted by Crippen LogP contribution is -2.47. The Morgan fingerprint density at radius 2 is 1.54 bits per heavy atom. The van der Waals surface area contributed by atoms with Crippen LogP contribution in [-0.2, 0) is 0 Å². The summed E-state index contributed by atoms with van der Waals surface area (Å²) in [4.78, 5) is 13.7. The first-order chi connectivity index (χ1) is 13.9. The highest BCUT2D eigenvalue weighted by Gasteiger charge is 2.20. The third kappa shape index (κ3) is 3.24. The molecule has 0 bridgehead atoms. The molecule has 1 fully saturated rings. The molecular weight excluding hydrogens is 348 g/mol. The summed E-state index contributed by atoms with van der Waals surface area (Å²) in [6, 6.07) is 20.7. The zero-order valence-corrected chi connectivity index (χ0v) is 15.4. The molecule has 0 unspecified atom stereocenters. The van der Waals surface area contributed by atoms with Gasteiger partial charge in [0, 0.05) is 37.9 Å². The van der Waals surface area contributed by atoms with Crippen molar-refractivity contribution in [1.29, 1.82) is 0 Å². The van der Waals surface area contributed by atoms with Crippen molar-refractivity contribution in [3.05, 3.63) is 73.1 Å². The lowest BCUT2D eigenvalue weighted by molar-refractivity contribution is 0.630. The van der Waals surface area contributed by atoms with Crippen LogP contribution in [0.2, 0.25) is 0 Å². The molecule has 1 aliphatic heterocycles. The van der Waals surface area contributed by atoms with Gasteiger partial charge in [0.25, 0.3) is 0 Å². The lowest BCUT2D eigenvalue weighted by Gasteiger charge is -2.35. The van der Waals surface area contributed by atoms with E-state index in [-0.39, 0.29) is 0 Å². The molecule has 1 aliphatic rings. The summed E-state index contributed by atoms with van der Waals surface area (Å²) in [6.07, 6.45) is 3.57. The van der Waals surface area contributed by atoms with Crippen molar-refractivity contribution >= 4 is 22.5 Å². The van der Waals surface area contributed by atoms with Crippen LogP contribution in [0, 0.1) is 0 Å². The van der Waals surface area contributed by atoms with Gasteiger partial charge in [-0.3, -0.25) is 0 Å². The number of nitrogens with zero attached hydrogens (tertiary/aromatic N) is 6. The standard InChI is InChI=1S/C22H20N6/c1-2-6-18-15-19(9-8-17(18)5-1)20-16-24-26-22(25-20)28-13-11-27(12-14-28)21-7-3-4-10-23-21/h1-10,15-16H,11-14H2. The summed E-state index contributed by atoms with van der Waals surface area (Å²) in [5.41, 5.74) is 1.91. The Balaban J connectivity index is 1.36. The maximum absolute atomic E-state index is 4.79. The minimum absolute atomic E-state index is 0.686. The Morgan fingerprint density at radius 3 is 2.36 bits per heavy atom. The van der Waals surface area contributed by atoms with Gasteiger partial charge in [-0.1, -0.05) is 42.5 Å². The van der Waals surface area contributed by atoms with Crippen molar-refractivity contribution in [1.82, 2.24) is 20.2 Å². The van der Waals surface area contributed by atoms with Gasteiger partial charge < -0.3 is 9.80 Å². The maximum atomic E-state index is 4.79. The predicted octanol–water partition coefficient (Wildman–Crippen LogP) is 3.41. The van der Waals surface area contributed by atoms with Crippen molar-refractivity contribution in [2.45, 2.75) is 0 Å². The van der Waals surface area contributed by atoms with E-state index in [9.17, 15) is 0 Å². The van der Waals surface area contributed by atoms with E-state index in [1.165, 1.54) is 10.8 Å². The third-order valence-corrected chi connectivity index (χ3v) is 5.13. The molecule has 0 N–H and O–H groups in total. The molecule has 0 amide bonds. The highest BCUT2D eigenvalue weighted by molar-refractivity contribution is 5.86. The van der Waals surface area contributed by atoms with E-state index in [0.29, 0.717) is 5.95 Å². The Bertz CT molecular complexity index is 1090. The number of hydrogen-bond acceptors (Lipinski definition) is 6. The zero-order chi connectivity index (χ0) is 18.8. The molecule has 6 heteroatoms. The first-order valence-electron chi connectivity index (χ1n) is 9.47. The summed E-state index contributed by atoms with van der Waals surface area (Å²) in [5, 5.41) is 10.9. The van der Waals surface area contributed by atoms with Gasteiger partial charge in [-0.15, -0.1) is 5.10 Å². The van der Waals surface area contributed by atoms with Crippen molar-refractivity contribution in [2.24, 2.45) is 0 Å². The summed E-state index contributed by atoms with van der Waals surface area (Å²) < 4.78 is 0. The average molecular weight is 368 g/mol. The normalized spacial score (nSPS) is 14.4. The molecule has 0 aliphatic carbocycles. The molecule has 3 heterocycles. The number of aromatic nitrogens is 4. The van der Waals surface area contributed by atoms with Crippen LogP contribution in [0.5, 0.6) is 0 Å². The molecule has 5 rings (SSSR count). The number of hydrogen-bond donors (Lipinski definition) is 0. The van der Waals surface area contributed by atoms with Crippen LogP contribution in [0.25, 0.3) is 22.0 Å². The molecule has 0 spiro atoms. The molecule has 0 saturated carbocycles. The number of pyridine rings is 1. The Labute approximate surface area is 163 Å². The molecule has 4 aromatic rings. The van der Waals surface area contributed by atoms with Gasteiger partial charge in [-0.05, 0) is 29.0 Å².